The van der Waals surface area contributed by atoms with E-state index in [1.165, 1.54) is 70.6 Å². The van der Waals surface area contributed by atoms with Crippen LogP contribution in [0, 0.1) is 0 Å². The summed E-state index contributed by atoms with van der Waals surface area (Å²) >= 11 is 0. The molecule has 286 valence electrons. The molecular weight excluding hydrogens is 630 g/mol. The van der Waals surface area contributed by atoms with Crippen LogP contribution in [0.5, 0.6) is 5.75 Å². The van der Waals surface area contributed by atoms with Gasteiger partial charge in [-0.1, -0.05) is 96.1 Å². The fourth-order valence-corrected chi connectivity index (χ4v) is 4.82. The van der Waals surface area contributed by atoms with Gasteiger partial charge in [-0.15, -0.1) is 0 Å². The second-order valence-electron chi connectivity index (χ2n) is 11.9. The van der Waals surface area contributed by atoms with Crippen LogP contribution in [0.25, 0.3) is 0 Å². The van der Waals surface area contributed by atoms with E-state index in [0.29, 0.717) is 124 Å². The van der Waals surface area contributed by atoms with Gasteiger partial charge < -0.3 is 48.4 Å². The lowest BCUT2D eigenvalue weighted by molar-refractivity contribution is -0.145. The molecule has 0 saturated carbocycles. The summed E-state index contributed by atoms with van der Waals surface area (Å²) < 4.78 is 49.2. The fourth-order valence-electron chi connectivity index (χ4n) is 4.82. The maximum absolute atomic E-state index is 11.9. The van der Waals surface area contributed by atoms with Crippen molar-refractivity contribution in [2.75, 3.05) is 111 Å². The van der Waals surface area contributed by atoms with E-state index in [9.17, 15) is 4.79 Å². The van der Waals surface area contributed by atoms with Crippen LogP contribution in [-0.2, 0) is 42.7 Å². The van der Waals surface area contributed by atoms with E-state index in [-0.39, 0.29) is 5.97 Å². The third kappa shape index (κ3) is 32.9. The Morgan fingerprint density at radius 2 is 0.816 bits per heavy atom. The molecule has 1 aromatic carbocycles. The largest absolute Gasteiger partial charge is 0.489 e. The van der Waals surface area contributed by atoms with Crippen LogP contribution < -0.4 is 10.5 Å². The van der Waals surface area contributed by atoms with E-state index in [2.05, 4.69) is 6.92 Å². The molecule has 0 fully saturated rings. The lowest BCUT2D eigenvalue weighted by Crippen LogP contribution is -2.15. The molecule has 0 aliphatic rings. The standard InChI is InChI=1S/C38H69NO10/c1-2-3-4-5-6-7-8-9-10-11-12-13-14-19-38(40)49-35-33-47-31-29-45-27-25-43-23-21-41-20-22-42-24-26-44-28-30-46-32-34-48-37-18-16-15-17-36(37)39/h15-18H,2-14,19-35,39H2,1H3. The number of ether oxygens (including phenoxy) is 9. The number of anilines is 1. The minimum atomic E-state index is -0.131. The predicted molar refractivity (Wildman–Crippen MR) is 193 cm³/mol. The maximum atomic E-state index is 11.9. The van der Waals surface area contributed by atoms with Gasteiger partial charge in [-0.25, -0.2) is 0 Å². The number of esters is 1. The third-order valence-corrected chi connectivity index (χ3v) is 7.61. The van der Waals surface area contributed by atoms with Crippen molar-refractivity contribution in [2.45, 2.75) is 96.8 Å². The Hall–Kier alpha value is -1.99. The van der Waals surface area contributed by atoms with Gasteiger partial charge in [0.2, 0.25) is 0 Å². The zero-order chi connectivity index (χ0) is 35.1. The van der Waals surface area contributed by atoms with Crippen molar-refractivity contribution in [1.29, 1.82) is 0 Å². The van der Waals surface area contributed by atoms with Crippen molar-refractivity contribution in [1.82, 2.24) is 0 Å². The van der Waals surface area contributed by atoms with Crippen LogP contribution in [0.1, 0.15) is 96.8 Å². The molecule has 0 unspecified atom stereocenters. The summed E-state index contributed by atoms with van der Waals surface area (Å²) in [6, 6.07) is 7.38. The minimum absolute atomic E-state index is 0.131. The lowest BCUT2D eigenvalue weighted by Gasteiger charge is -2.09. The molecule has 0 atom stereocenters. The predicted octanol–water partition coefficient (Wildman–Crippen LogP) is 6.79. The lowest BCUT2D eigenvalue weighted by atomic mass is 10.0. The summed E-state index contributed by atoms with van der Waals surface area (Å²) in [6.07, 6.45) is 17.3. The quantitative estimate of drug-likeness (QED) is 0.0444. The van der Waals surface area contributed by atoms with Crippen LogP contribution in [-0.4, -0.2) is 112 Å². The molecule has 0 heterocycles. The van der Waals surface area contributed by atoms with E-state index >= 15 is 0 Å². The summed E-state index contributed by atoms with van der Waals surface area (Å²) in [4.78, 5) is 11.9. The average Bonchev–Trinajstić information content (AvgIpc) is 3.11. The monoisotopic (exact) mass is 699 g/mol. The summed E-state index contributed by atoms with van der Waals surface area (Å²) in [5, 5.41) is 0. The molecule has 2 N–H and O–H groups in total. The van der Waals surface area contributed by atoms with Gasteiger partial charge in [-0.05, 0) is 18.6 Å². The zero-order valence-corrected chi connectivity index (χ0v) is 30.7. The molecule has 11 nitrogen and oxygen atoms in total. The Bertz CT molecular complexity index is 831. The zero-order valence-electron chi connectivity index (χ0n) is 30.7. The summed E-state index contributed by atoms with van der Waals surface area (Å²) in [6.45, 7) is 9.75. The highest BCUT2D eigenvalue weighted by molar-refractivity contribution is 5.69. The number of carbonyl (C=O) groups is 1. The van der Waals surface area contributed by atoms with E-state index in [1.807, 2.05) is 18.2 Å². The fraction of sp³-hybridized carbons (Fsp3) is 0.816. The van der Waals surface area contributed by atoms with Crippen LogP contribution in [0.4, 0.5) is 5.69 Å². The normalized spacial score (nSPS) is 11.3. The van der Waals surface area contributed by atoms with Gasteiger partial charge in [-0.3, -0.25) is 4.79 Å². The van der Waals surface area contributed by atoms with Crippen LogP contribution in [0.2, 0.25) is 0 Å². The van der Waals surface area contributed by atoms with Crippen molar-refractivity contribution in [3.8, 4) is 5.75 Å². The summed E-state index contributed by atoms with van der Waals surface area (Å²) in [5.41, 5.74) is 6.44. The highest BCUT2D eigenvalue weighted by Gasteiger charge is 2.03. The van der Waals surface area contributed by atoms with Gasteiger partial charge in [0.05, 0.1) is 98.2 Å². The highest BCUT2D eigenvalue weighted by atomic mass is 16.6. The van der Waals surface area contributed by atoms with E-state index in [4.69, 9.17) is 48.4 Å². The van der Waals surface area contributed by atoms with Crippen molar-refractivity contribution in [3.63, 3.8) is 0 Å². The molecule has 11 heteroatoms. The second-order valence-corrected chi connectivity index (χ2v) is 11.9. The summed E-state index contributed by atoms with van der Waals surface area (Å²) in [7, 11) is 0. The molecule has 0 aliphatic carbocycles. The van der Waals surface area contributed by atoms with Gasteiger partial charge in [0.1, 0.15) is 19.0 Å². The number of para-hydroxylation sites is 2. The van der Waals surface area contributed by atoms with Gasteiger partial charge in [0, 0.05) is 6.42 Å². The number of hydrogen-bond acceptors (Lipinski definition) is 11. The number of nitrogens with two attached hydrogens (primary N) is 1. The molecule has 0 aromatic heterocycles. The van der Waals surface area contributed by atoms with Crippen LogP contribution >= 0.6 is 0 Å². The number of nitrogen functional groups attached to an aromatic ring is 1. The van der Waals surface area contributed by atoms with E-state index < -0.39 is 0 Å². The van der Waals surface area contributed by atoms with Gasteiger partial charge >= 0.3 is 5.97 Å². The Kier molecular flexibility index (Phi) is 34.3. The molecule has 1 rings (SSSR count). The summed E-state index contributed by atoms with van der Waals surface area (Å²) in [5.74, 6) is 0.538. The van der Waals surface area contributed by atoms with E-state index in [1.54, 1.807) is 6.07 Å². The van der Waals surface area contributed by atoms with E-state index in [0.717, 1.165) is 12.8 Å². The molecule has 49 heavy (non-hydrogen) atoms. The maximum Gasteiger partial charge on any atom is 0.305 e. The van der Waals surface area contributed by atoms with Gasteiger partial charge in [0.25, 0.3) is 0 Å². The first-order chi connectivity index (χ1) is 24.2. The average molecular weight is 700 g/mol. The molecule has 0 bridgehead atoms. The highest BCUT2D eigenvalue weighted by Crippen LogP contribution is 2.19. The Morgan fingerprint density at radius 3 is 1.22 bits per heavy atom. The number of unbranched alkanes of at least 4 members (excludes halogenated alkanes) is 12. The second kappa shape index (κ2) is 37.3. The van der Waals surface area contributed by atoms with Gasteiger partial charge in [0.15, 0.2) is 0 Å². The van der Waals surface area contributed by atoms with Crippen molar-refractivity contribution < 1.29 is 47.4 Å². The van der Waals surface area contributed by atoms with Crippen molar-refractivity contribution >= 4 is 11.7 Å². The number of benzene rings is 1. The first-order valence-corrected chi connectivity index (χ1v) is 18.9. The molecule has 0 aliphatic heterocycles. The van der Waals surface area contributed by atoms with Crippen LogP contribution in [0.15, 0.2) is 24.3 Å². The third-order valence-electron chi connectivity index (χ3n) is 7.61. The van der Waals surface area contributed by atoms with Crippen molar-refractivity contribution in [3.05, 3.63) is 24.3 Å². The molecule has 0 spiro atoms. The first kappa shape index (κ1) is 45.0. The molecule has 0 radical (unpaired) electrons. The van der Waals surface area contributed by atoms with Gasteiger partial charge in [-0.2, -0.15) is 0 Å². The van der Waals surface area contributed by atoms with Crippen molar-refractivity contribution in [2.24, 2.45) is 0 Å². The number of carbonyl (C=O) groups excluding carboxylic acids is 1. The number of hydrogen-bond donors (Lipinski definition) is 1. The SMILES string of the molecule is CCCCCCCCCCCCCCCC(=O)OCCOCCOCCOCCOCCOCCOCCOCCOc1ccccc1N. The number of rotatable bonds is 39. The Morgan fingerprint density at radius 1 is 0.469 bits per heavy atom. The minimum Gasteiger partial charge on any atom is -0.489 e. The Balaban J connectivity index is 1.66. The first-order valence-electron chi connectivity index (χ1n) is 18.9. The molecule has 1 aromatic rings. The topological polar surface area (TPSA) is 126 Å². The molecule has 0 amide bonds. The smallest absolute Gasteiger partial charge is 0.305 e. The Labute approximate surface area is 297 Å². The molecule has 0 saturated heterocycles. The van der Waals surface area contributed by atoms with Crippen LogP contribution in [0.3, 0.4) is 0 Å². The molecular formula is C38H69NO10.